The van der Waals surface area contributed by atoms with Gasteiger partial charge in [0.2, 0.25) is 0 Å². The van der Waals surface area contributed by atoms with Gasteiger partial charge >= 0.3 is 12.1 Å². The van der Waals surface area contributed by atoms with Gasteiger partial charge in [0.15, 0.2) is 0 Å². The summed E-state index contributed by atoms with van der Waals surface area (Å²) in [6.45, 7) is -0.435. The summed E-state index contributed by atoms with van der Waals surface area (Å²) in [5.41, 5.74) is 6.81. The molecule has 0 saturated heterocycles. The summed E-state index contributed by atoms with van der Waals surface area (Å²) in [4.78, 5) is 37.8. The number of benzene rings is 2. The van der Waals surface area contributed by atoms with Crippen molar-refractivity contribution in [2.24, 2.45) is 5.11 Å². The number of azide groups is 1. The predicted molar refractivity (Wildman–Crippen MR) is 107 cm³/mol. The first-order chi connectivity index (χ1) is 15.5. The summed E-state index contributed by atoms with van der Waals surface area (Å²) in [6.07, 6.45) is -5.38. The first kappa shape index (κ1) is 25.1. The summed E-state index contributed by atoms with van der Waals surface area (Å²) < 4.78 is 52.4. The fourth-order valence-corrected chi connectivity index (χ4v) is 2.78. The highest BCUT2D eigenvalue weighted by molar-refractivity contribution is 5.96. The van der Waals surface area contributed by atoms with E-state index in [2.05, 4.69) is 20.7 Å². The number of halogens is 4. The van der Waals surface area contributed by atoms with Crippen LogP contribution in [0.15, 0.2) is 47.6 Å². The number of nitrogens with one attached hydrogen (secondary N) is 2. The Kier molecular flexibility index (Phi) is 8.35. The molecule has 2 aromatic rings. The minimum Gasteiger partial charge on any atom is -0.481 e. The van der Waals surface area contributed by atoms with Gasteiger partial charge in [-0.15, -0.1) is 0 Å². The second-order valence-corrected chi connectivity index (χ2v) is 6.75. The van der Waals surface area contributed by atoms with E-state index in [-0.39, 0.29) is 24.7 Å². The summed E-state index contributed by atoms with van der Waals surface area (Å²) in [7, 11) is 0. The van der Waals surface area contributed by atoms with Crippen LogP contribution in [0.3, 0.4) is 0 Å². The maximum Gasteiger partial charge on any atom is 0.417 e. The highest BCUT2D eigenvalue weighted by atomic mass is 19.4. The molecule has 0 saturated carbocycles. The van der Waals surface area contributed by atoms with Crippen molar-refractivity contribution in [2.45, 2.75) is 25.2 Å². The standard InChI is InChI=1S/C20H17F4N5O4/c21-13-5-6-15(16(7-13)20(22,23)24)19(33)26-9-11-1-3-12(4-2-11)18(32)28-14(8-17(30)31)10-27-29-25/h1-7,14H,8-10H2,(H,26,33)(H,28,32)(H,30,31)/t14-/m0/s1. The van der Waals surface area contributed by atoms with Crippen molar-refractivity contribution < 1.29 is 37.1 Å². The van der Waals surface area contributed by atoms with Crippen molar-refractivity contribution in [1.82, 2.24) is 10.6 Å². The topological polar surface area (TPSA) is 144 Å². The van der Waals surface area contributed by atoms with Crippen LogP contribution in [0.2, 0.25) is 0 Å². The quantitative estimate of drug-likeness (QED) is 0.224. The van der Waals surface area contributed by atoms with E-state index < -0.39 is 53.4 Å². The smallest absolute Gasteiger partial charge is 0.417 e. The van der Waals surface area contributed by atoms with Crippen LogP contribution < -0.4 is 10.6 Å². The number of hydrogen-bond acceptors (Lipinski definition) is 4. The molecule has 0 aliphatic rings. The second-order valence-electron chi connectivity index (χ2n) is 6.75. The van der Waals surface area contributed by atoms with E-state index in [0.717, 1.165) is 12.1 Å². The first-order valence-electron chi connectivity index (χ1n) is 9.28. The van der Waals surface area contributed by atoms with Crippen LogP contribution in [0.1, 0.15) is 38.3 Å². The van der Waals surface area contributed by atoms with Gasteiger partial charge in [0.1, 0.15) is 5.82 Å². The zero-order valence-corrected chi connectivity index (χ0v) is 16.8. The summed E-state index contributed by atoms with van der Waals surface area (Å²) >= 11 is 0. The zero-order chi connectivity index (χ0) is 24.6. The van der Waals surface area contributed by atoms with Gasteiger partial charge in [-0.25, -0.2) is 4.39 Å². The number of carboxylic acids is 1. The third-order valence-electron chi connectivity index (χ3n) is 4.32. The Labute approximate surface area is 184 Å². The van der Waals surface area contributed by atoms with E-state index in [4.69, 9.17) is 10.6 Å². The average Bonchev–Trinajstić information content (AvgIpc) is 2.75. The highest BCUT2D eigenvalue weighted by Gasteiger charge is 2.35. The van der Waals surface area contributed by atoms with E-state index in [1.807, 2.05) is 0 Å². The second kappa shape index (κ2) is 11.0. The lowest BCUT2D eigenvalue weighted by Crippen LogP contribution is -2.38. The summed E-state index contributed by atoms with van der Waals surface area (Å²) in [5, 5.41) is 16.8. The van der Waals surface area contributed by atoms with Crippen molar-refractivity contribution in [3.8, 4) is 0 Å². The predicted octanol–water partition coefficient (Wildman–Crippen LogP) is 3.66. The monoisotopic (exact) mass is 467 g/mol. The van der Waals surface area contributed by atoms with E-state index >= 15 is 0 Å². The molecule has 0 radical (unpaired) electrons. The molecule has 2 rings (SSSR count). The Morgan fingerprint density at radius 3 is 2.33 bits per heavy atom. The van der Waals surface area contributed by atoms with Gasteiger partial charge in [0, 0.05) is 29.6 Å². The van der Waals surface area contributed by atoms with Crippen LogP contribution in [0, 0.1) is 5.82 Å². The molecule has 2 aromatic carbocycles. The molecule has 33 heavy (non-hydrogen) atoms. The van der Waals surface area contributed by atoms with Gasteiger partial charge < -0.3 is 15.7 Å². The molecule has 0 heterocycles. The molecular formula is C20H17F4N5O4. The molecule has 0 aliphatic carbocycles. The summed E-state index contributed by atoms with van der Waals surface area (Å²) in [5.74, 6) is -4.02. The molecular weight excluding hydrogens is 450 g/mol. The largest absolute Gasteiger partial charge is 0.481 e. The van der Waals surface area contributed by atoms with Crippen LogP contribution >= 0.6 is 0 Å². The molecule has 174 valence electrons. The number of nitrogens with zero attached hydrogens (tertiary/aromatic N) is 3. The number of amides is 2. The number of carbonyl (C=O) groups excluding carboxylic acids is 2. The Hall–Kier alpha value is -4.12. The van der Waals surface area contributed by atoms with Gasteiger partial charge in [0.05, 0.1) is 17.5 Å². The van der Waals surface area contributed by atoms with Crippen molar-refractivity contribution in [2.75, 3.05) is 6.54 Å². The molecule has 1 atom stereocenters. The van der Waals surface area contributed by atoms with Crippen molar-refractivity contribution >= 4 is 17.8 Å². The zero-order valence-electron chi connectivity index (χ0n) is 16.8. The van der Waals surface area contributed by atoms with Crippen molar-refractivity contribution in [3.05, 3.63) is 81.0 Å². The van der Waals surface area contributed by atoms with Crippen LogP contribution in [0.25, 0.3) is 10.4 Å². The molecule has 9 nitrogen and oxygen atoms in total. The number of hydrogen-bond donors (Lipinski definition) is 3. The number of carbonyl (C=O) groups is 3. The molecule has 3 N–H and O–H groups in total. The number of aliphatic carboxylic acids is 1. The molecule has 0 aromatic heterocycles. The minimum absolute atomic E-state index is 0.138. The lowest BCUT2D eigenvalue weighted by Gasteiger charge is -2.15. The number of rotatable bonds is 9. The number of carboxylic acid groups (broad SMARTS) is 1. The minimum atomic E-state index is -4.92. The van der Waals surface area contributed by atoms with Gasteiger partial charge in [-0.2, -0.15) is 13.2 Å². The molecule has 0 aliphatic heterocycles. The van der Waals surface area contributed by atoms with Crippen molar-refractivity contribution in [3.63, 3.8) is 0 Å². The van der Waals surface area contributed by atoms with E-state index in [1.165, 1.54) is 24.3 Å². The SMILES string of the molecule is [N-]=[N+]=NC[C@H](CC(=O)O)NC(=O)c1ccc(CNC(=O)c2ccc(F)cc2C(F)(F)F)cc1. The third-order valence-corrected chi connectivity index (χ3v) is 4.32. The average molecular weight is 467 g/mol. The Morgan fingerprint density at radius 2 is 1.76 bits per heavy atom. The van der Waals surface area contributed by atoms with Crippen molar-refractivity contribution in [1.29, 1.82) is 0 Å². The van der Waals surface area contributed by atoms with Crippen LogP contribution in [-0.2, 0) is 17.5 Å². The lowest BCUT2D eigenvalue weighted by molar-refractivity contribution is -0.138. The Balaban J connectivity index is 2.03. The first-order valence-corrected chi connectivity index (χ1v) is 9.28. The van der Waals surface area contributed by atoms with E-state index in [9.17, 15) is 31.9 Å². The molecule has 0 spiro atoms. The Bertz CT molecular complexity index is 1080. The number of alkyl halides is 3. The normalized spacial score (nSPS) is 11.8. The summed E-state index contributed by atoms with van der Waals surface area (Å²) in [6, 6.07) is 6.39. The van der Waals surface area contributed by atoms with Gasteiger partial charge in [-0.05, 0) is 41.4 Å². The lowest BCUT2D eigenvalue weighted by atomic mass is 10.1. The molecule has 0 unspecified atom stereocenters. The third kappa shape index (κ3) is 7.51. The van der Waals surface area contributed by atoms with Crippen LogP contribution in [0.5, 0.6) is 0 Å². The van der Waals surface area contributed by atoms with Crippen LogP contribution in [0.4, 0.5) is 17.6 Å². The fourth-order valence-electron chi connectivity index (χ4n) is 2.78. The maximum absolute atomic E-state index is 13.2. The Morgan fingerprint density at radius 1 is 1.09 bits per heavy atom. The van der Waals surface area contributed by atoms with Gasteiger partial charge in [-0.1, -0.05) is 17.2 Å². The molecule has 0 fully saturated rings. The van der Waals surface area contributed by atoms with Crippen LogP contribution in [-0.4, -0.2) is 35.5 Å². The molecule has 0 bridgehead atoms. The van der Waals surface area contributed by atoms with Gasteiger partial charge in [0.25, 0.3) is 11.8 Å². The van der Waals surface area contributed by atoms with E-state index in [0.29, 0.717) is 5.56 Å². The highest BCUT2D eigenvalue weighted by Crippen LogP contribution is 2.32. The maximum atomic E-state index is 13.2. The molecule has 13 heteroatoms. The van der Waals surface area contributed by atoms with Gasteiger partial charge in [-0.3, -0.25) is 14.4 Å². The fraction of sp³-hybridized carbons (Fsp3) is 0.250. The molecule has 2 amide bonds. The van der Waals surface area contributed by atoms with E-state index in [1.54, 1.807) is 0 Å².